The first-order valence-corrected chi connectivity index (χ1v) is 5.82. The van der Waals surface area contributed by atoms with Gasteiger partial charge in [-0.3, -0.25) is 14.8 Å². The van der Waals surface area contributed by atoms with Crippen molar-refractivity contribution in [3.05, 3.63) is 59.7 Å². The Hall–Kier alpha value is -2.74. The molecule has 0 radical (unpaired) electrons. The van der Waals surface area contributed by atoms with Crippen molar-refractivity contribution < 1.29 is 4.79 Å². The lowest BCUT2D eigenvalue weighted by atomic mass is 10.2. The van der Waals surface area contributed by atoms with E-state index in [0.29, 0.717) is 17.7 Å². The predicted molar refractivity (Wildman–Crippen MR) is 69.2 cm³/mol. The fraction of sp³-hybridized carbons (Fsp3) is 0.143. The minimum atomic E-state index is -0.223. The van der Waals surface area contributed by atoms with Gasteiger partial charge >= 0.3 is 0 Å². The van der Waals surface area contributed by atoms with Gasteiger partial charge in [0, 0.05) is 31.3 Å². The molecule has 0 bridgehead atoms. The van der Waals surface area contributed by atoms with Gasteiger partial charge in [-0.2, -0.15) is 5.26 Å². The summed E-state index contributed by atoms with van der Waals surface area (Å²) < 4.78 is 0. The second kappa shape index (κ2) is 6.26. The second-order valence-electron chi connectivity index (χ2n) is 3.94. The van der Waals surface area contributed by atoms with Crippen LogP contribution in [0.25, 0.3) is 0 Å². The van der Waals surface area contributed by atoms with Crippen LogP contribution >= 0.6 is 0 Å². The molecule has 0 unspecified atom stereocenters. The number of amides is 1. The summed E-state index contributed by atoms with van der Waals surface area (Å²) in [5.41, 5.74) is 1.88. The molecule has 0 aliphatic rings. The molecule has 19 heavy (non-hydrogen) atoms. The number of carbonyl (C=O) groups is 1. The molecule has 94 valence electrons. The molecule has 5 heteroatoms. The van der Waals surface area contributed by atoms with E-state index in [9.17, 15) is 4.79 Å². The maximum atomic E-state index is 11.8. The molecule has 0 saturated carbocycles. The lowest BCUT2D eigenvalue weighted by molar-refractivity contribution is 0.0953. The monoisotopic (exact) mass is 252 g/mol. The summed E-state index contributed by atoms with van der Waals surface area (Å²) in [5.74, 6) is -0.223. The number of carbonyl (C=O) groups excluding carboxylic acids is 1. The second-order valence-corrected chi connectivity index (χ2v) is 3.94. The number of hydrogen-bond donors (Lipinski definition) is 1. The molecular weight excluding hydrogens is 240 g/mol. The lowest BCUT2D eigenvalue weighted by Gasteiger charge is -2.05. The van der Waals surface area contributed by atoms with E-state index in [1.165, 1.54) is 18.5 Å². The van der Waals surface area contributed by atoms with Crippen LogP contribution in [0.2, 0.25) is 0 Å². The van der Waals surface area contributed by atoms with Crippen LogP contribution in [0.1, 0.15) is 21.5 Å². The maximum Gasteiger partial charge on any atom is 0.252 e. The summed E-state index contributed by atoms with van der Waals surface area (Å²) >= 11 is 0. The normalized spacial score (nSPS) is 9.63. The van der Waals surface area contributed by atoms with Gasteiger partial charge in [0.05, 0.1) is 11.1 Å². The molecule has 2 heterocycles. The van der Waals surface area contributed by atoms with Crippen LogP contribution in [0.3, 0.4) is 0 Å². The summed E-state index contributed by atoms with van der Waals surface area (Å²) in [6, 6.07) is 7.29. The quantitative estimate of drug-likeness (QED) is 0.890. The topological polar surface area (TPSA) is 78.7 Å². The summed E-state index contributed by atoms with van der Waals surface area (Å²) in [6.07, 6.45) is 7.05. The molecule has 2 rings (SSSR count). The van der Waals surface area contributed by atoms with E-state index >= 15 is 0 Å². The highest BCUT2D eigenvalue weighted by Gasteiger charge is 2.06. The first-order chi connectivity index (χ1) is 9.29. The van der Waals surface area contributed by atoms with Crippen LogP contribution in [0.4, 0.5) is 0 Å². The summed E-state index contributed by atoms with van der Waals surface area (Å²) in [7, 11) is 0. The van der Waals surface area contributed by atoms with Crippen LogP contribution in [0, 0.1) is 11.3 Å². The molecule has 0 aliphatic carbocycles. The number of pyridine rings is 2. The fourth-order valence-corrected chi connectivity index (χ4v) is 1.60. The molecule has 2 aromatic rings. The third-order valence-corrected chi connectivity index (χ3v) is 2.58. The van der Waals surface area contributed by atoms with Gasteiger partial charge in [-0.15, -0.1) is 0 Å². The molecule has 0 saturated heterocycles. The predicted octanol–water partition coefficient (Wildman–Crippen LogP) is 1.32. The SMILES string of the molecule is N#Cc1cncc(C(=O)NCCc2ccncc2)c1. The number of nitrogens with one attached hydrogen (secondary N) is 1. The summed E-state index contributed by atoms with van der Waals surface area (Å²) in [5, 5.41) is 11.5. The standard InChI is InChI=1S/C14H12N4O/c15-8-12-7-13(10-17-9-12)14(19)18-6-3-11-1-4-16-5-2-11/h1-2,4-5,7,9-10H,3,6H2,(H,18,19). The van der Waals surface area contributed by atoms with E-state index in [0.717, 1.165) is 12.0 Å². The van der Waals surface area contributed by atoms with Crippen molar-refractivity contribution >= 4 is 5.91 Å². The van der Waals surface area contributed by atoms with Gasteiger partial charge in [0.15, 0.2) is 0 Å². The van der Waals surface area contributed by atoms with Gasteiger partial charge < -0.3 is 5.32 Å². The van der Waals surface area contributed by atoms with Crippen LogP contribution < -0.4 is 5.32 Å². The van der Waals surface area contributed by atoms with Crippen LogP contribution in [-0.4, -0.2) is 22.4 Å². The average molecular weight is 252 g/mol. The van der Waals surface area contributed by atoms with E-state index in [-0.39, 0.29) is 5.91 Å². The molecule has 5 nitrogen and oxygen atoms in total. The first kappa shape index (κ1) is 12.7. The van der Waals surface area contributed by atoms with Gasteiger partial charge in [0.25, 0.3) is 5.91 Å². The number of rotatable bonds is 4. The van der Waals surface area contributed by atoms with E-state index in [1.54, 1.807) is 12.4 Å². The summed E-state index contributed by atoms with van der Waals surface area (Å²) in [6.45, 7) is 0.527. The van der Waals surface area contributed by atoms with E-state index < -0.39 is 0 Å². The maximum absolute atomic E-state index is 11.8. The lowest BCUT2D eigenvalue weighted by Crippen LogP contribution is -2.25. The minimum absolute atomic E-state index is 0.223. The third-order valence-electron chi connectivity index (χ3n) is 2.58. The van der Waals surface area contributed by atoms with Crippen molar-refractivity contribution in [2.75, 3.05) is 6.54 Å². The van der Waals surface area contributed by atoms with Gasteiger partial charge in [-0.05, 0) is 30.2 Å². The Morgan fingerprint density at radius 3 is 2.79 bits per heavy atom. The van der Waals surface area contributed by atoms with Crippen molar-refractivity contribution in [2.45, 2.75) is 6.42 Å². The molecule has 1 N–H and O–H groups in total. The van der Waals surface area contributed by atoms with Crippen molar-refractivity contribution in [2.24, 2.45) is 0 Å². The number of nitrogens with zero attached hydrogens (tertiary/aromatic N) is 3. The number of hydrogen-bond acceptors (Lipinski definition) is 4. The third kappa shape index (κ3) is 3.61. The highest BCUT2D eigenvalue weighted by Crippen LogP contribution is 2.02. The van der Waals surface area contributed by atoms with Crippen LogP contribution in [0.5, 0.6) is 0 Å². The minimum Gasteiger partial charge on any atom is -0.352 e. The molecule has 0 spiro atoms. The van der Waals surface area contributed by atoms with Crippen LogP contribution in [0.15, 0.2) is 43.0 Å². The van der Waals surface area contributed by atoms with Crippen molar-refractivity contribution in [1.29, 1.82) is 5.26 Å². The van der Waals surface area contributed by atoms with Crippen molar-refractivity contribution in [3.8, 4) is 6.07 Å². The van der Waals surface area contributed by atoms with Gasteiger partial charge in [0.2, 0.25) is 0 Å². The Morgan fingerprint density at radius 2 is 2.05 bits per heavy atom. The zero-order valence-corrected chi connectivity index (χ0v) is 10.2. The molecule has 1 amide bonds. The molecule has 0 aliphatic heterocycles. The highest BCUT2D eigenvalue weighted by molar-refractivity contribution is 5.94. The highest BCUT2D eigenvalue weighted by atomic mass is 16.1. The zero-order valence-electron chi connectivity index (χ0n) is 10.2. The molecule has 0 atom stereocenters. The van der Waals surface area contributed by atoms with E-state index in [1.807, 2.05) is 18.2 Å². The Bertz CT molecular complexity index is 604. The Labute approximate surface area is 110 Å². The Balaban J connectivity index is 1.89. The van der Waals surface area contributed by atoms with Gasteiger partial charge in [-0.25, -0.2) is 0 Å². The number of nitriles is 1. The fourth-order valence-electron chi connectivity index (χ4n) is 1.60. The van der Waals surface area contributed by atoms with Crippen LogP contribution in [-0.2, 0) is 6.42 Å². The van der Waals surface area contributed by atoms with Gasteiger partial charge in [0.1, 0.15) is 6.07 Å². The molecular formula is C14H12N4O. The summed E-state index contributed by atoms with van der Waals surface area (Å²) in [4.78, 5) is 19.6. The molecule has 0 aromatic carbocycles. The largest absolute Gasteiger partial charge is 0.352 e. The van der Waals surface area contributed by atoms with Crippen molar-refractivity contribution in [3.63, 3.8) is 0 Å². The van der Waals surface area contributed by atoms with Crippen molar-refractivity contribution in [1.82, 2.24) is 15.3 Å². The van der Waals surface area contributed by atoms with E-state index in [2.05, 4.69) is 15.3 Å². The Kier molecular flexibility index (Phi) is 4.19. The molecule has 2 aromatic heterocycles. The van der Waals surface area contributed by atoms with Gasteiger partial charge in [-0.1, -0.05) is 0 Å². The first-order valence-electron chi connectivity index (χ1n) is 5.82. The smallest absolute Gasteiger partial charge is 0.252 e. The van der Waals surface area contributed by atoms with E-state index in [4.69, 9.17) is 5.26 Å². The molecule has 0 fully saturated rings. The zero-order chi connectivity index (χ0) is 13.5. The number of aromatic nitrogens is 2. The average Bonchev–Trinajstić information content (AvgIpc) is 2.48. The Morgan fingerprint density at radius 1 is 1.26 bits per heavy atom.